The van der Waals surface area contributed by atoms with Gasteiger partial charge in [0.25, 0.3) is 10.0 Å². The van der Waals surface area contributed by atoms with E-state index < -0.39 is 16.0 Å². The molecule has 0 amide bonds. The second-order valence-electron chi connectivity index (χ2n) is 4.08. The number of aromatic nitrogens is 3. The molecule has 2 aromatic rings. The van der Waals surface area contributed by atoms with Gasteiger partial charge in [-0.1, -0.05) is 0 Å². The van der Waals surface area contributed by atoms with Crippen LogP contribution < -0.4 is 4.72 Å². The van der Waals surface area contributed by atoms with Crippen molar-refractivity contribution in [1.82, 2.24) is 14.5 Å². The van der Waals surface area contributed by atoms with Gasteiger partial charge in [0, 0.05) is 19.4 Å². The van der Waals surface area contributed by atoms with Gasteiger partial charge in [-0.3, -0.25) is 4.72 Å². The number of anilines is 1. The Bertz CT molecular complexity index is 747. The molecule has 0 aliphatic rings. The van der Waals surface area contributed by atoms with E-state index in [4.69, 9.17) is 5.11 Å². The van der Waals surface area contributed by atoms with Crippen LogP contribution in [-0.2, 0) is 17.1 Å². The third kappa shape index (κ3) is 2.77. The zero-order valence-electron chi connectivity index (χ0n) is 10.7. The molecule has 0 aromatic carbocycles. The fourth-order valence-electron chi connectivity index (χ4n) is 1.47. The second kappa shape index (κ2) is 4.93. The number of rotatable bonds is 4. The molecule has 0 aliphatic heterocycles. The van der Waals surface area contributed by atoms with E-state index in [-0.39, 0.29) is 16.4 Å². The Morgan fingerprint density at radius 2 is 2.15 bits per heavy atom. The van der Waals surface area contributed by atoms with Gasteiger partial charge in [0.05, 0.1) is 5.56 Å². The summed E-state index contributed by atoms with van der Waals surface area (Å²) in [6.07, 6.45) is 2.57. The quantitative estimate of drug-likeness (QED) is 0.855. The van der Waals surface area contributed by atoms with Crippen LogP contribution in [0.15, 0.2) is 29.6 Å². The summed E-state index contributed by atoms with van der Waals surface area (Å²) < 4.78 is 27.9. The lowest BCUT2D eigenvalue weighted by molar-refractivity contribution is 0.0697. The van der Waals surface area contributed by atoms with Gasteiger partial charge in [0.1, 0.15) is 11.6 Å². The van der Waals surface area contributed by atoms with Crippen LogP contribution in [0.4, 0.5) is 5.82 Å². The maximum atomic E-state index is 12.1. The van der Waals surface area contributed by atoms with Crippen molar-refractivity contribution in [2.75, 3.05) is 4.72 Å². The largest absolute Gasteiger partial charge is 0.478 e. The predicted octanol–water partition coefficient (Wildman–Crippen LogP) is 0.623. The number of nitrogens with one attached hydrogen (secondary N) is 1. The van der Waals surface area contributed by atoms with Crippen molar-refractivity contribution in [3.8, 4) is 0 Å². The molecule has 0 aliphatic carbocycles. The Morgan fingerprint density at radius 3 is 2.70 bits per heavy atom. The maximum Gasteiger partial charge on any atom is 0.335 e. The molecule has 2 aromatic heterocycles. The fraction of sp³-hybridized carbons (Fsp3) is 0.182. The van der Waals surface area contributed by atoms with Crippen molar-refractivity contribution >= 4 is 21.8 Å². The number of sulfonamides is 1. The van der Waals surface area contributed by atoms with E-state index in [1.165, 1.54) is 18.5 Å². The number of hydrogen-bond donors (Lipinski definition) is 2. The number of carboxylic acids is 1. The number of aryl methyl sites for hydroxylation is 2. The number of hydrogen-bond acceptors (Lipinski definition) is 5. The Hall–Kier alpha value is -2.42. The molecule has 0 saturated carbocycles. The SMILES string of the molecule is Cc1nc(S(=O)(=O)Nc2cc(C(=O)O)ccn2)cn1C. The molecule has 0 bridgehead atoms. The Morgan fingerprint density at radius 1 is 1.45 bits per heavy atom. The third-order valence-electron chi connectivity index (χ3n) is 2.61. The smallest absolute Gasteiger partial charge is 0.335 e. The van der Waals surface area contributed by atoms with Gasteiger partial charge in [-0.15, -0.1) is 0 Å². The average molecular weight is 296 g/mol. The summed E-state index contributed by atoms with van der Waals surface area (Å²) >= 11 is 0. The van der Waals surface area contributed by atoms with E-state index in [1.54, 1.807) is 18.5 Å². The van der Waals surface area contributed by atoms with E-state index in [0.717, 1.165) is 6.07 Å². The molecule has 2 N–H and O–H groups in total. The molecule has 20 heavy (non-hydrogen) atoms. The van der Waals surface area contributed by atoms with E-state index in [9.17, 15) is 13.2 Å². The first-order valence-electron chi connectivity index (χ1n) is 5.52. The first kappa shape index (κ1) is 14.0. The lowest BCUT2D eigenvalue weighted by Gasteiger charge is -2.05. The minimum atomic E-state index is -3.89. The average Bonchev–Trinajstić information content (AvgIpc) is 2.70. The molecule has 2 rings (SSSR count). The van der Waals surface area contributed by atoms with Gasteiger partial charge >= 0.3 is 5.97 Å². The van der Waals surface area contributed by atoms with Gasteiger partial charge in [-0.2, -0.15) is 8.42 Å². The van der Waals surface area contributed by atoms with E-state index >= 15 is 0 Å². The fourth-order valence-corrected chi connectivity index (χ4v) is 2.51. The number of carbonyl (C=O) groups is 1. The minimum Gasteiger partial charge on any atom is -0.478 e. The first-order chi connectivity index (χ1) is 9.29. The molecule has 0 saturated heterocycles. The van der Waals surface area contributed by atoms with Gasteiger partial charge in [-0.05, 0) is 19.1 Å². The summed E-state index contributed by atoms with van der Waals surface area (Å²) in [5.41, 5.74) is -0.0603. The van der Waals surface area contributed by atoms with Crippen molar-refractivity contribution in [3.63, 3.8) is 0 Å². The minimum absolute atomic E-state index is 0.0603. The van der Waals surface area contributed by atoms with Crippen molar-refractivity contribution in [1.29, 1.82) is 0 Å². The molecular weight excluding hydrogens is 284 g/mol. The van der Waals surface area contributed by atoms with E-state index in [1.807, 2.05) is 0 Å². The van der Waals surface area contributed by atoms with Crippen LogP contribution in [0.1, 0.15) is 16.2 Å². The van der Waals surface area contributed by atoms with Crippen LogP contribution in [0, 0.1) is 6.92 Å². The highest BCUT2D eigenvalue weighted by molar-refractivity contribution is 7.92. The number of aromatic carboxylic acids is 1. The Kier molecular flexibility index (Phi) is 3.45. The van der Waals surface area contributed by atoms with Crippen LogP contribution >= 0.6 is 0 Å². The normalized spacial score (nSPS) is 11.3. The molecule has 0 radical (unpaired) electrons. The molecule has 0 fully saturated rings. The highest BCUT2D eigenvalue weighted by Gasteiger charge is 2.19. The summed E-state index contributed by atoms with van der Waals surface area (Å²) in [6, 6.07) is 2.40. The number of carboxylic acid groups (broad SMARTS) is 1. The van der Waals surface area contributed by atoms with Crippen molar-refractivity contribution in [2.45, 2.75) is 11.9 Å². The summed E-state index contributed by atoms with van der Waals surface area (Å²) in [4.78, 5) is 18.5. The molecule has 8 nitrogen and oxygen atoms in total. The maximum absolute atomic E-state index is 12.1. The highest BCUT2D eigenvalue weighted by atomic mass is 32.2. The van der Waals surface area contributed by atoms with Crippen LogP contribution in [0.3, 0.4) is 0 Å². The topological polar surface area (TPSA) is 114 Å². The van der Waals surface area contributed by atoms with Crippen LogP contribution in [0.25, 0.3) is 0 Å². The van der Waals surface area contributed by atoms with Gasteiger partial charge in [0.2, 0.25) is 0 Å². The number of pyridine rings is 1. The summed E-state index contributed by atoms with van der Waals surface area (Å²) in [7, 11) is -2.22. The highest BCUT2D eigenvalue weighted by Crippen LogP contribution is 2.14. The third-order valence-corrected chi connectivity index (χ3v) is 3.83. The Labute approximate surface area is 115 Å². The molecular formula is C11H12N4O4S. The lowest BCUT2D eigenvalue weighted by atomic mass is 10.3. The van der Waals surface area contributed by atoms with E-state index in [0.29, 0.717) is 5.82 Å². The molecule has 9 heteroatoms. The zero-order valence-corrected chi connectivity index (χ0v) is 11.5. The Balaban J connectivity index is 2.33. The van der Waals surface area contributed by atoms with Crippen LogP contribution in [0.2, 0.25) is 0 Å². The van der Waals surface area contributed by atoms with Crippen LogP contribution in [0.5, 0.6) is 0 Å². The zero-order chi connectivity index (χ0) is 14.9. The van der Waals surface area contributed by atoms with Crippen molar-refractivity contribution in [3.05, 3.63) is 35.9 Å². The molecule has 2 heterocycles. The van der Waals surface area contributed by atoms with Gasteiger partial charge in [0.15, 0.2) is 5.03 Å². The summed E-state index contributed by atoms with van der Waals surface area (Å²) in [5.74, 6) is -0.702. The summed E-state index contributed by atoms with van der Waals surface area (Å²) in [5, 5.41) is 8.69. The number of imidazole rings is 1. The van der Waals surface area contributed by atoms with Gasteiger partial charge in [-0.25, -0.2) is 14.8 Å². The second-order valence-corrected chi connectivity index (χ2v) is 5.71. The van der Waals surface area contributed by atoms with Gasteiger partial charge < -0.3 is 9.67 Å². The molecule has 0 spiro atoms. The van der Waals surface area contributed by atoms with E-state index in [2.05, 4.69) is 14.7 Å². The molecule has 0 unspecified atom stereocenters. The molecule has 106 valence electrons. The predicted molar refractivity (Wildman–Crippen MR) is 69.9 cm³/mol. The summed E-state index contributed by atoms with van der Waals surface area (Å²) in [6.45, 7) is 1.67. The van der Waals surface area contributed by atoms with Crippen LogP contribution in [-0.4, -0.2) is 34.0 Å². The molecule has 0 atom stereocenters. The monoisotopic (exact) mass is 296 g/mol. The van der Waals surface area contributed by atoms with Crippen molar-refractivity contribution < 1.29 is 18.3 Å². The lowest BCUT2D eigenvalue weighted by Crippen LogP contribution is -2.15. The standard InChI is InChI=1S/C11H12N4O4S/c1-7-13-10(6-15(7)2)20(18,19)14-9-5-8(11(16)17)3-4-12-9/h3-6H,1-2H3,(H,12,14)(H,16,17). The first-order valence-corrected chi connectivity index (χ1v) is 7.00. The van der Waals surface area contributed by atoms with Crippen molar-refractivity contribution in [2.24, 2.45) is 7.05 Å². The number of nitrogens with zero attached hydrogens (tertiary/aromatic N) is 3.